The lowest BCUT2D eigenvalue weighted by molar-refractivity contribution is 0.161. The van der Waals surface area contributed by atoms with Gasteiger partial charge in [-0.15, -0.1) is 11.8 Å². The van der Waals surface area contributed by atoms with Crippen LogP contribution < -0.4 is 5.32 Å². The second-order valence-corrected chi connectivity index (χ2v) is 6.79. The molecule has 1 atom stereocenters. The highest BCUT2D eigenvalue weighted by molar-refractivity contribution is 7.99. The average Bonchev–Trinajstić information content (AvgIpc) is 3.23. The Hall–Kier alpha value is -0.580. The van der Waals surface area contributed by atoms with E-state index in [1.807, 2.05) is 24.2 Å². The summed E-state index contributed by atoms with van der Waals surface area (Å²) in [6.45, 7) is 2.38. The van der Waals surface area contributed by atoms with Gasteiger partial charge in [-0.25, -0.2) is 0 Å². The van der Waals surface area contributed by atoms with Gasteiger partial charge in [-0.2, -0.15) is 0 Å². The van der Waals surface area contributed by atoms with Crippen LogP contribution in [0, 0.1) is 0 Å². The molecule has 0 spiro atoms. The summed E-state index contributed by atoms with van der Waals surface area (Å²) in [5.41, 5.74) is -0.0809. The number of nitrogens with one attached hydrogen (secondary N) is 1. The summed E-state index contributed by atoms with van der Waals surface area (Å²) in [5.74, 6) is 1.13. The van der Waals surface area contributed by atoms with Gasteiger partial charge in [0, 0.05) is 28.9 Å². The number of thioether (sulfide) groups is 1. The maximum atomic E-state index is 9.52. The molecule has 2 rings (SSSR count). The number of aromatic nitrogens is 1. The minimum atomic E-state index is -0.0809. The minimum Gasteiger partial charge on any atom is -0.394 e. The third-order valence-electron chi connectivity index (χ3n) is 3.52. The van der Waals surface area contributed by atoms with Gasteiger partial charge in [-0.1, -0.05) is 6.42 Å². The Labute approximate surface area is 120 Å². The quantitative estimate of drug-likeness (QED) is 0.539. The largest absolute Gasteiger partial charge is 0.394 e. The van der Waals surface area contributed by atoms with Crippen molar-refractivity contribution in [3.05, 3.63) is 24.5 Å². The molecule has 1 aromatic rings. The Bertz CT molecular complexity index is 370. The van der Waals surface area contributed by atoms with E-state index >= 15 is 0 Å². The van der Waals surface area contributed by atoms with E-state index in [2.05, 4.69) is 29.4 Å². The lowest BCUT2D eigenvalue weighted by Crippen LogP contribution is -2.46. The number of rotatable bonds is 9. The molecule has 2 N–H and O–H groups in total. The molecule has 106 valence electrons. The van der Waals surface area contributed by atoms with Crippen molar-refractivity contribution in [2.45, 2.75) is 55.5 Å². The van der Waals surface area contributed by atoms with Crippen molar-refractivity contribution in [2.24, 2.45) is 0 Å². The zero-order valence-electron chi connectivity index (χ0n) is 11.6. The zero-order valence-corrected chi connectivity index (χ0v) is 12.5. The molecule has 1 fully saturated rings. The SMILES string of the molecule is CC(CO)(CCCCSc1ccncc1)NC1CC1. The number of aliphatic hydroxyl groups is 1. The Morgan fingerprint density at radius 2 is 2.11 bits per heavy atom. The molecule has 1 aliphatic rings. The number of pyridine rings is 1. The van der Waals surface area contributed by atoms with Crippen LogP contribution in [-0.4, -0.2) is 34.0 Å². The van der Waals surface area contributed by atoms with E-state index in [9.17, 15) is 5.11 Å². The predicted molar refractivity (Wildman–Crippen MR) is 80.5 cm³/mol. The van der Waals surface area contributed by atoms with Crippen LogP contribution in [0.2, 0.25) is 0 Å². The second kappa shape index (κ2) is 7.27. The molecule has 0 radical (unpaired) electrons. The summed E-state index contributed by atoms with van der Waals surface area (Å²) < 4.78 is 0. The van der Waals surface area contributed by atoms with E-state index in [0.717, 1.165) is 18.6 Å². The fourth-order valence-corrected chi connectivity index (χ4v) is 3.06. The van der Waals surface area contributed by atoms with Crippen LogP contribution in [0.4, 0.5) is 0 Å². The molecule has 0 aromatic carbocycles. The van der Waals surface area contributed by atoms with Crippen LogP contribution in [0.3, 0.4) is 0 Å². The predicted octanol–water partition coefficient (Wildman–Crippen LogP) is 2.85. The van der Waals surface area contributed by atoms with Gasteiger partial charge < -0.3 is 10.4 Å². The fourth-order valence-electron chi connectivity index (χ4n) is 2.16. The number of nitrogens with zero attached hydrogens (tertiary/aromatic N) is 1. The molecule has 1 heterocycles. The van der Waals surface area contributed by atoms with Gasteiger partial charge in [0.15, 0.2) is 0 Å². The van der Waals surface area contributed by atoms with E-state index in [4.69, 9.17) is 0 Å². The Morgan fingerprint density at radius 1 is 1.37 bits per heavy atom. The first-order chi connectivity index (χ1) is 9.22. The Morgan fingerprint density at radius 3 is 2.74 bits per heavy atom. The van der Waals surface area contributed by atoms with Crippen LogP contribution in [0.5, 0.6) is 0 Å². The molecule has 1 aliphatic carbocycles. The van der Waals surface area contributed by atoms with E-state index in [0.29, 0.717) is 6.04 Å². The van der Waals surface area contributed by atoms with Crippen molar-refractivity contribution < 1.29 is 5.11 Å². The molecule has 1 unspecified atom stereocenters. The van der Waals surface area contributed by atoms with Crippen molar-refractivity contribution >= 4 is 11.8 Å². The summed E-state index contributed by atoms with van der Waals surface area (Å²) in [6.07, 6.45) is 9.62. The van der Waals surface area contributed by atoms with Gasteiger partial charge >= 0.3 is 0 Å². The Balaban J connectivity index is 1.60. The molecule has 1 aromatic heterocycles. The molecular formula is C15H24N2OS. The molecule has 0 amide bonds. The summed E-state index contributed by atoms with van der Waals surface area (Å²) in [7, 11) is 0. The smallest absolute Gasteiger partial charge is 0.0610 e. The van der Waals surface area contributed by atoms with E-state index in [1.165, 1.54) is 24.2 Å². The zero-order chi connectivity index (χ0) is 13.6. The number of aliphatic hydroxyl groups excluding tert-OH is 1. The molecule has 3 nitrogen and oxygen atoms in total. The summed E-state index contributed by atoms with van der Waals surface area (Å²) >= 11 is 1.88. The van der Waals surface area contributed by atoms with Crippen molar-refractivity contribution in [3.8, 4) is 0 Å². The standard InChI is InChI=1S/C15H24N2OS/c1-15(12-18,17-13-4-5-13)8-2-3-11-19-14-6-9-16-10-7-14/h6-7,9-10,13,17-18H,2-5,8,11-12H2,1H3. The van der Waals surface area contributed by atoms with Crippen LogP contribution in [-0.2, 0) is 0 Å². The highest BCUT2D eigenvalue weighted by Gasteiger charge is 2.31. The van der Waals surface area contributed by atoms with Gasteiger partial charge in [0.2, 0.25) is 0 Å². The van der Waals surface area contributed by atoms with Gasteiger partial charge in [-0.3, -0.25) is 4.98 Å². The maximum Gasteiger partial charge on any atom is 0.0610 e. The molecule has 0 bridgehead atoms. The highest BCUT2D eigenvalue weighted by atomic mass is 32.2. The first-order valence-corrected chi connectivity index (χ1v) is 8.12. The van der Waals surface area contributed by atoms with Crippen LogP contribution in [0.25, 0.3) is 0 Å². The summed E-state index contributed by atoms with van der Waals surface area (Å²) in [6, 6.07) is 4.76. The summed E-state index contributed by atoms with van der Waals surface area (Å²) in [5, 5.41) is 13.1. The van der Waals surface area contributed by atoms with Crippen molar-refractivity contribution in [1.29, 1.82) is 0 Å². The lowest BCUT2D eigenvalue weighted by atomic mass is 9.96. The van der Waals surface area contributed by atoms with Gasteiger partial charge in [-0.05, 0) is 50.5 Å². The third kappa shape index (κ3) is 5.51. The van der Waals surface area contributed by atoms with Gasteiger partial charge in [0.25, 0.3) is 0 Å². The van der Waals surface area contributed by atoms with E-state index < -0.39 is 0 Å². The fraction of sp³-hybridized carbons (Fsp3) is 0.667. The van der Waals surface area contributed by atoms with Crippen LogP contribution in [0.15, 0.2) is 29.4 Å². The molecule has 0 saturated heterocycles. The third-order valence-corrected chi connectivity index (χ3v) is 4.62. The summed E-state index contributed by atoms with van der Waals surface area (Å²) in [4.78, 5) is 5.31. The number of hydrogen-bond donors (Lipinski definition) is 2. The van der Waals surface area contributed by atoms with Crippen molar-refractivity contribution in [1.82, 2.24) is 10.3 Å². The molecule has 1 saturated carbocycles. The van der Waals surface area contributed by atoms with Gasteiger partial charge in [0.1, 0.15) is 0 Å². The number of hydrogen-bond acceptors (Lipinski definition) is 4. The first kappa shape index (κ1) is 14.8. The van der Waals surface area contributed by atoms with Crippen molar-refractivity contribution in [3.63, 3.8) is 0 Å². The number of unbranched alkanes of at least 4 members (excludes halogenated alkanes) is 1. The topological polar surface area (TPSA) is 45.2 Å². The average molecular weight is 280 g/mol. The molecule has 19 heavy (non-hydrogen) atoms. The van der Waals surface area contributed by atoms with E-state index in [1.54, 1.807) is 0 Å². The maximum absolute atomic E-state index is 9.52. The minimum absolute atomic E-state index is 0.0809. The van der Waals surface area contributed by atoms with E-state index in [-0.39, 0.29) is 12.1 Å². The Kier molecular flexibility index (Phi) is 5.67. The molecule has 4 heteroatoms. The monoisotopic (exact) mass is 280 g/mol. The highest BCUT2D eigenvalue weighted by Crippen LogP contribution is 2.25. The second-order valence-electron chi connectivity index (χ2n) is 5.63. The van der Waals surface area contributed by atoms with Crippen LogP contribution >= 0.6 is 11.8 Å². The molecular weight excluding hydrogens is 256 g/mol. The van der Waals surface area contributed by atoms with Crippen molar-refractivity contribution in [2.75, 3.05) is 12.4 Å². The first-order valence-electron chi connectivity index (χ1n) is 7.13. The van der Waals surface area contributed by atoms with Gasteiger partial charge in [0.05, 0.1) is 6.61 Å². The van der Waals surface area contributed by atoms with Crippen LogP contribution in [0.1, 0.15) is 39.0 Å². The lowest BCUT2D eigenvalue weighted by Gasteiger charge is -2.29. The molecule has 0 aliphatic heterocycles. The normalized spacial score (nSPS) is 18.2.